The summed E-state index contributed by atoms with van der Waals surface area (Å²) in [6.45, 7) is 6.78. The van der Waals surface area contributed by atoms with Crippen molar-refractivity contribution < 1.29 is 4.74 Å². The summed E-state index contributed by atoms with van der Waals surface area (Å²) in [6.07, 6.45) is 5.01. The minimum Gasteiger partial charge on any atom is -0.488 e. The Balaban J connectivity index is 2.03. The summed E-state index contributed by atoms with van der Waals surface area (Å²) in [5, 5.41) is 0. The minimum atomic E-state index is 0.0830. The maximum atomic E-state index is 6.13. The standard InChI is InChI=1S/C15H23OP/c1-12(17-3)13-6-8-14(9-7-13)16-15(2)10-4-5-11-15/h6-9,12,17H,4-5,10-11H2,1-3H3. The van der Waals surface area contributed by atoms with E-state index in [-0.39, 0.29) is 5.60 Å². The number of benzene rings is 1. The smallest absolute Gasteiger partial charge is 0.120 e. The molecule has 2 rings (SSSR count). The van der Waals surface area contributed by atoms with Crippen molar-refractivity contribution in [1.29, 1.82) is 0 Å². The van der Waals surface area contributed by atoms with Gasteiger partial charge in [0.1, 0.15) is 11.4 Å². The molecule has 1 saturated carbocycles. The summed E-state index contributed by atoms with van der Waals surface area (Å²) in [7, 11) is 0.965. The Labute approximate surface area is 107 Å². The van der Waals surface area contributed by atoms with Gasteiger partial charge in [-0.25, -0.2) is 0 Å². The van der Waals surface area contributed by atoms with E-state index < -0.39 is 0 Å². The zero-order chi connectivity index (χ0) is 12.3. The zero-order valence-corrected chi connectivity index (χ0v) is 12.1. The molecule has 0 heterocycles. The van der Waals surface area contributed by atoms with E-state index >= 15 is 0 Å². The average Bonchev–Trinajstić information content (AvgIpc) is 2.76. The summed E-state index contributed by atoms with van der Waals surface area (Å²) in [6, 6.07) is 8.70. The summed E-state index contributed by atoms with van der Waals surface area (Å²) >= 11 is 0. The Morgan fingerprint density at radius 1 is 1.18 bits per heavy atom. The first-order valence-corrected chi connectivity index (χ1v) is 8.17. The second-order valence-corrected chi connectivity index (χ2v) is 6.78. The third-order valence-corrected chi connectivity index (χ3v) is 5.04. The first-order chi connectivity index (χ1) is 8.13. The van der Waals surface area contributed by atoms with E-state index in [1.54, 1.807) is 0 Å². The lowest BCUT2D eigenvalue weighted by Crippen LogP contribution is -2.27. The molecule has 0 saturated heterocycles. The molecule has 2 atom stereocenters. The average molecular weight is 250 g/mol. The number of hydrogen-bond donors (Lipinski definition) is 0. The highest BCUT2D eigenvalue weighted by Gasteiger charge is 2.30. The van der Waals surface area contributed by atoms with Crippen molar-refractivity contribution >= 4 is 8.58 Å². The van der Waals surface area contributed by atoms with Crippen molar-refractivity contribution in [2.24, 2.45) is 0 Å². The molecule has 1 aliphatic carbocycles. The van der Waals surface area contributed by atoms with E-state index in [1.807, 2.05) is 0 Å². The monoisotopic (exact) mass is 250 g/mol. The fourth-order valence-electron chi connectivity index (χ4n) is 2.50. The first kappa shape index (κ1) is 12.9. The van der Waals surface area contributed by atoms with E-state index in [2.05, 4.69) is 44.8 Å². The van der Waals surface area contributed by atoms with Gasteiger partial charge in [-0.2, -0.15) is 0 Å². The number of ether oxygens (including phenoxy) is 1. The second kappa shape index (κ2) is 5.40. The van der Waals surface area contributed by atoms with Crippen LogP contribution in [0.1, 0.15) is 50.8 Å². The molecular formula is C15H23OP. The number of rotatable bonds is 4. The van der Waals surface area contributed by atoms with Gasteiger partial charge < -0.3 is 4.74 Å². The summed E-state index contributed by atoms with van der Waals surface area (Å²) in [5.41, 5.74) is 2.18. The zero-order valence-electron chi connectivity index (χ0n) is 11.1. The normalized spacial score (nSPS) is 20.9. The fraction of sp³-hybridized carbons (Fsp3) is 0.600. The Bertz CT molecular complexity index is 352. The van der Waals surface area contributed by atoms with Crippen LogP contribution in [0.5, 0.6) is 5.75 Å². The lowest BCUT2D eigenvalue weighted by molar-refractivity contribution is 0.0968. The van der Waals surface area contributed by atoms with Crippen LogP contribution in [0, 0.1) is 0 Å². The molecule has 17 heavy (non-hydrogen) atoms. The van der Waals surface area contributed by atoms with Gasteiger partial charge in [0.2, 0.25) is 0 Å². The van der Waals surface area contributed by atoms with E-state index in [0.717, 1.165) is 14.3 Å². The lowest BCUT2D eigenvalue weighted by atomic mass is 10.1. The van der Waals surface area contributed by atoms with Gasteiger partial charge in [0, 0.05) is 0 Å². The van der Waals surface area contributed by atoms with Gasteiger partial charge in [-0.05, 0) is 62.6 Å². The lowest BCUT2D eigenvalue weighted by Gasteiger charge is -2.25. The van der Waals surface area contributed by atoms with Crippen LogP contribution >= 0.6 is 8.58 Å². The predicted molar refractivity (Wildman–Crippen MR) is 76.6 cm³/mol. The van der Waals surface area contributed by atoms with Crippen molar-refractivity contribution in [3.63, 3.8) is 0 Å². The molecule has 0 radical (unpaired) electrons. The van der Waals surface area contributed by atoms with Crippen molar-refractivity contribution in [2.75, 3.05) is 6.66 Å². The SMILES string of the molecule is CPC(C)c1ccc(OC2(C)CCCC2)cc1. The van der Waals surface area contributed by atoms with Crippen molar-refractivity contribution in [1.82, 2.24) is 0 Å². The van der Waals surface area contributed by atoms with Gasteiger partial charge in [0.15, 0.2) is 0 Å². The highest BCUT2D eigenvalue weighted by Crippen LogP contribution is 2.35. The predicted octanol–water partition coefficient (Wildman–Crippen LogP) is 4.77. The van der Waals surface area contributed by atoms with Crippen LogP contribution in [-0.2, 0) is 0 Å². The Morgan fingerprint density at radius 2 is 1.76 bits per heavy atom. The molecule has 1 fully saturated rings. The molecule has 1 aromatic rings. The fourth-order valence-corrected chi connectivity index (χ4v) is 3.03. The molecule has 0 aromatic heterocycles. The van der Waals surface area contributed by atoms with Gasteiger partial charge in [-0.1, -0.05) is 19.1 Å². The number of hydrogen-bond acceptors (Lipinski definition) is 1. The van der Waals surface area contributed by atoms with Crippen LogP contribution in [0.2, 0.25) is 0 Å². The highest BCUT2D eigenvalue weighted by molar-refractivity contribution is 7.37. The molecule has 0 bridgehead atoms. The van der Waals surface area contributed by atoms with E-state index in [1.165, 1.54) is 31.2 Å². The van der Waals surface area contributed by atoms with Crippen LogP contribution in [-0.4, -0.2) is 12.3 Å². The molecule has 0 N–H and O–H groups in total. The molecule has 0 aliphatic heterocycles. The maximum Gasteiger partial charge on any atom is 0.120 e. The molecule has 94 valence electrons. The van der Waals surface area contributed by atoms with E-state index in [0.29, 0.717) is 5.66 Å². The highest BCUT2D eigenvalue weighted by atomic mass is 31.1. The van der Waals surface area contributed by atoms with Crippen LogP contribution in [0.4, 0.5) is 0 Å². The topological polar surface area (TPSA) is 9.23 Å². The maximum absolute atomic E-state index is 6.13. The van der Waals surface area contributed by atoms with Gasteiger partial charge in [-0.15, -0.1) is 8.58 Å². The van der Waals surface area contributed by atoms with E-state index in [4.69, 9.17) is 4.74 Å². The van der Waals surface area contributed by atoms with Gasteiger partial charge in [0.05, 0.1) is 0 Å². The van der Waals surface area contributed by atoms with Gasteiger partial charge >= 0.3 is 0 Å². The molecule has 1 aliphatic rings. The van der Waals surface area contributed by atoms with Crippen molar-refractivity contribution in [3.8, 4) is 5.75 Å². The molecule has 2 heteroatoms. The molecule has 1 aromatic carbocycles. The third kappa shape index (κ3) is 3.22. The van der Waals surface area contributed by atoms with Gasteiger partial charge in [-0.3, -0.25) is 0 Å². The summed E-state index contributed by atoms with van der Waals surface area (Å²) in [4.78, 5) is 0. The Morgan fingerprint density at radius 3 is 2.29 bits per heavy atom. The Kier molecular flexibility index (Phi) is 4.09. The first-order valence-electron chi connectivity index (χ1n) is 6.59. The van der Waals surface area contributed by atoms with Gasteiger partial charge in [0.25, 0.3) is 0 Å². The van der Waals surface area contributed by atoms with Crippen molar-refractivity contribution in [2.45, 2.75) is 50.8 Å². The molecular weight excluding hydrogens is 227 g/mol. The van der Waals surface area contributed by atoms with E-state index in [9.17, 15) is 0 Å². The largest absolute Gasteiger partial charge is 0.488 e. The Hall–Kier alpha value is -0.550. The van der Waals surface area contributed by atoms with Crippen LogP contribution in [0.25, 0.3) is 0 Å². The quantitative estimate of drug-likeness (QED) is 0.699. The molecule has 0 amide bonds. The molecule has 1 nitrogen and oxygen atoms in total. The van der Waals surface area contributed by atoms with Crippen LogP contribution in [0.3, 0.4) is 0 Å². The summed E-state index contributed by atoms with van der Waals surface area (Å²) < 4.78 is 6.13. The van der Waals surface area contributed by atoms with Crippen LogP contribution < -0.4 is 4.74 Å². The second-order valence-electron chi connectivity index (χ2n) is 5.34. The van der Waals surface area contributed by atoms with Crippen molar-refractivity contribution in [3.05, 3.63) is 29.8 Å². The third-order valence-electron chi connectivity index (χ3n) is 3.84. The minimum absolute atomic E-state index is 0.0830. The molecule has 0 spiro atoms. The van der Waals surface area contributed by atoms with Crippen LogP contribution in [0.15, 0.2) is 24.3 Å². The summed E-state index contributed by atoms with van der Waals surface area (Å²) in [5.74, 6) is 1.03. The molecule has 2 unspecified atom stereocenters.